The van der Waals surface area contributed by atoms with Crippen LogP contribution in [0.15, 0.2) is 83.3 Å². The van der Waals surface area contributed by atoms with E-state index in [1.54, 1.807) is 11.0 Å². The van der Waals surface area contributed by atoms with Gasteiger partial charge in [-0.1, -0.05) is 80.6 Å². The van der Waals surface area contributed by atoms with Crippen molar-refractivity contribution in [1.29, 1.82) is 0 Å². The van der Waals surface area contributed by atoms with Crippen molar-refractivity contribution in [3.8, 4) is 11.1 Å². The number of aromatic nitrogens is 1. The Hall–Kier alpha value is -4.99. The number of carbonyl (C=O) groups excluding carboxylic acids is 4. The highest BCUT2D eigenvalue weighted by molar-refractivity contribution is 6.07. The van der Waals surface area contributed by atoms with Crippen molar-refractivity contribution in [3.63, 3.8) is 0 Å². The van der Waals surface area contributed by atoms with Gasteiger partial charge in [0.1, 0.15) is 11.1 Å². The van der Waals surface area contributed by atoms with E-state index in [-0.39, 0.29) is 30.8 Å². The van der Waals surface area contributed by atoms with Crippen LogP contribution in [0.25, 0.3) is 22.2 Å². The first-order chi connectivity index (χ1) is 23.9. The molecular weight excluding hydrogens is 632 g/mol. The van der Waals surface area contributed by atoms with Gasteiger partial charge in [0.2, 0.25) is 5.91 Å². The summed E-state index contributed by atoms with van der Waals surface area (Å²) in [5, 5.41) is 0. The Labute approximate surface area is 294 Å². The number of piperidine rings is 1. The van der Waals surface area contributed by atoms with E-state index < -0.39 is 29.6 Å². The van der Waals surface area contributed by atoms with Crippen LogP contribution in [0.3, 0.4) is 0 Å². The van der Waals surface area contributed by atoms with E-state index in [2.05, 4.69) is 4.98 Å². The summed E-state index contributed by atoms with van der Waals surface area (Å²) in [6, 6.07) is 24.5. The molecule has 0 radical (unpaired) electrons. The number of urea groups is 1. The fourth-order valence-corrected chi connectivity index (χ4v) is 6.00. The third kappa shape index (κ3) is 9.37. The third-order valence-electron chi connectivity index (χ3n) is 8.77. The number of ether oxygens (including phenoxy) is 1. The smallest absolute Gasteiger partial charge is 0.410 e. The average molecular weight is 681 g/mol. The third-order valence-corrected chi connectivity index (χ3v) is 8.77. The highest BCUT2D eigenvalue weighted by atomic mass is 16.6. The molecule has 0 N–H and O–H groups in total. The molecule has 10 nitrogen and oxygen atoms in total. The van der Waals surface area contributed by atoms with Gasteiger partial charge < -0.3 is 14.1 Å². The number of aryl methyl sites for hydroxylation is 1. The number of fused-ring (bicyclic) bond motifs is 1. The summed E-state index contributed by atoms with van der Waals surface area (Å²) in [5.74, 6) is -1.51. The minimum atomic E-state index is -0.692. The number of imide groups is 2. The zero-order valence-corrected chi connectivity index (χ0v) is 29.8. The molecule has 0 bridgehead atoms. The summed E-state index contributed by atoms with van der Waals surface area (Å²) < 4.78 is 11.5. The summed E-state index contributed by atoms with van der Waals surface area (Å²) >= 11 is 0. The van der Waals surface area contributed by atoms with Crippen molar-refractivity contribution in [3.05, 3.63) is 90.3 Å². The van der Waals surface area contributed by atoms with Crippen molar-refractivity contribution in [2.45, 2.75) is 72.3 Å². The van der Waals surface area contributed by atoms with E-state index in [0.29, 0.717) is 56.3 Å². The van der Waals surface area contributed by atoms with Crippen LogP contribution in [-0.2, 0) is 16.0 Å². The lowest BCUT2D eigenvalue weighted by molar-refractivity contribution is -0.134. The first-order valence-corrected chi connectivity index (χ1v) is 17.5. The maximum atomic E-state index is 14.4. The van der Waals surface area contributed by atoms with Crippen molar-refractivity contribution in [2.24, 2.45) is 11.8 Å². The van der Waals surface area contributed by atoms with Gasteiger partial charge in [0.15, 0.2) is 5.58 Å². The van der Waals surface area contributed by atoms with Crippen LogP contribution in [0.5, 0.6) is 0 Å². The van der Waals surface area contributed by atoms with Crippen molar-refractivity contribution < 1.29 is 28.3 Å². The molecule has 3 aromatic carbocycles. The first-order valence-electron chi connectivity index (χ1n) is 17.5. The second kappa shape index (κ2) is 16.1. The number of amides is 5. The maximum absolute atomic E-state index is 14.4. The van der Waals surface area contributed by atoms with Crippen LogP contribution >= 0.6 is 0 Å². The lowest BCUT2D eigenvalue weighted by Crippen LogP contribution is -2.53. The van der Waals surface area contributed by atoms with E-state index >= 15 is 0 Å². The molecule has 5 rings (SSSR count). The standard InChI is InChI=1S/C40H48N4O6/c1-28(2)20-26-44(36(45)31-21-24-42(25-22-31)39(48)50-40(3,4)5)38(47)43(23-12-15-29-13-8-6-9-14-29)37(46)35-41-33-27-32(18-19-34(33)49-35)30-16-10-7-11-17-30/h6-11,13-14,16-19,27-28,31H,12,15,20-26H2,1-5H3. The normalized spacial score (nSPS) is 13.8. The molecule has 1 aliphatic rings. The number of hydrogen-bond donors (Lipinski definition) is 0. The lowest BCUT2D eigenvalue weighted by Gasteiger charge is -2.35. The zero-order valence-electron chi connectivity index (χ0n) is 29.8. The van der Waals surface area contributed by atoms with Gasteiger partial charge in [-0.3, -0.25) is 19.4 Å². The van der Waals surface area contributed by atoms with E-state index in [1.807, 2.05) is 107 Å². The van der Waals surface area contributed by atoms with Crippen LogP contribution < -0.4 is 0 Å². The number of oxazole rings is 1. The zero-order chi connectivity index (χ0) is 35.8. The van der Waals surface area contributed by atoms with E-state index in [9.17, 15) is 19.2 Å². The fourth-order valence-electron chi connectivity index (χ4n) is 6.00. The van der Waals surface area contributed by atoms with Crippen LogP contribution in [0.2, 0.25) is 0 Å². The molecule has 2 heterocycles. The predicted molar refractivity (Wildman–Crippen MR) is 192 cm³/mol. The van der Waals surface area contributed by atoms with Gasteiger partial charge in [-0.05, 0) is 87.6 Å². The monoisotopic (exact) mass is 680 g/mol. The number of hydrogen-bond acceptors (Lipinski definition) is 7. The highest BCUT2D eigenvalue weighted by Crippen LogP contribution is 2.27. The van der Waals surface area contributed by atoms with Gasteiger partial charge >= 0.3 is 18.0 Å². The summed E-state index contributed by atoms with van der Waals surface area (Å²) in [6.45, 7) is 10.4. The molecule has 1 fully saturated rings. The van der Waals surface area contributed by atoms with Crippen LogP contribution in [0.4, 0.5) is 9.59 Å². The Balaban J connectivity index is 1.39. The molecule has 5 amide bonds. The minimum Gasteiger partial charge on any atom is -0.444 e. The van der Waals surface area contributed by atoms with Gasteiger partial charge in [0, 0.05) is 32.1 Å². The Morgan fingerprint density at radius 2 is 1.54 bits per heavy atom. The molecule has 264 valence electrons. The van der Waals surface area contributed by atoms with Crippen LogP contribution in [0, 0.1) is 11.8 Å². The first kappa shape index (κ1) is 36.3. The van der Waals surface area contributed by atoms with E-state index in [1.165, 1.54) is 4.90 Å². The minimum absolute atomic E-state index is 0.0725. The van der Waals surface area contributed by atoms with Gasteiger partial charge in [0.05, 0.1) is 0 Å². The van der Waals surface area contributed by atoms with E-state index in [4.69, 9.17) is 9.15 Å². The number of likely N-dealkylation sites (tertiary alicyclic amines) is 1. The molecule has 0 saturated carbocycles. The molecule has 0 atom stereocenters. The number of nitrogens with zero attached hydrogens (tertiary/aromatic N) is 4. The molecule has 0 aliphatic carbocycles. The summed E-state index contributed by atoms with van der Waals surface area (Å²) in [6.07, 6.45) is 2.06. The molecule has 0 unspecified atom stereocenters. The Morgan fingerprint density at radius 1 is 0.880 bits per heavy atom. The van der Waals surface area contributed by atoms with Crippen molar-refractivity contribution in [1.82, 2.24) is 19.7 Å². The summed E-state index contributed by atoms with van der Waals surface area (Å²) in [7, 11) is 0. The molecule has 1 aromatic heterocycles. The quantitative estimate of drug-likeness (QED) is 0.166. The van der Waals surface area contributed by atoms with Gasteiger partial charge in [0.25, 0.3) is 5.89 Å². The second-order valence-electron chi connectivity index (χ2n) is 14.3. The van der Waals surface area contributed by atoms with Gasteiger partial charge in [-0.15, -0.1) is 0 Å². The van der Waals surface area contributed by atoms with Crippen molar-refractivity contribution >= 4 is 35.0 Å². The largest absolute Gasteiger partial charge is 0.444 e. The highest BCUT2D eigenvalue weighted by Gasteiger charge is 2.38. The number of carbonyl (C=O) groups is 4. The Kier molecular flexibility index (Phi) is 11.7. The fraction of sp³-hybridized carbons (Fsp3) is 0.425. The Bertz CT molecular complexity index is 1770. The summed E-state index contributed by atoms with van der Waals surface area (Å²) in [4.78, 5) is 63.9. The second-order valence-corrected chi connectivity index (χ2v) is 14.3. The molecule has 4 aromatic rings. The lowest BCUT2D eigenvalue weighted by atomic mass is 9.95. The molecule has 10 heteroatoms. The van der Waals surface area contributed by atoms with Crippen molar-refractivity contribution in [2.75, 3.05) is 26.2 Å². The van der Waals surface area contributed by atoms with Crippen LogP contribution in [-0.4, -0.2) is 75.4 Å². The van der Waals surface area contributed by atoms with Gasteiger partial charge in [-0.2, -0.15) is 0 Å². The Morgan fingerprint density at radius 3 is 2.18 bits per heavy atom. The average Bonchev–Trinajstić information content (AvgIpc) is 3.53. The van der Waals surface area contributed by atoms with Gasteiger partial charge in [-0.25, -0.2) is 14.6 Å². The van der Waals surface area contributed by atoms with E-state index in [0.717, 1.165) is 21.6 Å². The molecule has 1 aliphatic heterocycles. The topological polar surface area (TPSA) is 113 Å². The molecule has 0 spiro atoms. The maximum Gasteiger partial charge on any atom is 0.410 e. The van der Waals surface area contributed by atoms with Crippen LogP contribution in [0.1, 0.15) is 76.6 Å². The summed E-state index contributed by atoms with van der Waals surface area (Å²) in [5.41, 5.74) is 3.29. The number of benzene rings is 3. The molecular formula is C40H48N4O6. The predicted octanol–water partition coefficient (Wildman–Crippen LogP) is 8.21. The SMILES string of the molecule is CC(C)CCN(C(=O)C1CCN(C(=O)OC(C)(C)C)CC1)C(=O)N(CCCc1ccccc1)C(=O)c1nc2cc(-c3ccccc3)ccc2o1. The number of rotatable bonds is 10. The molecule has 1 saturated heterocycles. The molecule has 50 heavy (non-hydrogen) atoms.